The van der Waals surface area contributed by atoms with Crippen LogP contribution in [0.15, 0.2) is 24.3 Å². The Morgan fingerprint density at radius 2 is 1.83 bits per heavy atom. The molecule has 130 valence electrons. The van der Waals surface area contributed by atoms with Crippen molar-refractivity contribution in [3.05, 3.63) is 29.8 Å². The number of rotatable bonds is 7. The van der Waals surface area contributed by atoms with E-state index in [2.05, 4.69) is 10.6 Å². The molecule has 1 aliphatic carbocycles. The first-order chi connectivity index (χ1) is 11.6. The van der Waals surface area contributed by atoms with Gasteiger partial charge in [-0.2, -0.15) is 0 Å². The fourth-order valence-corrected chi connectivity index (χ4v) is 2.79. The molecule has 1 aromatic rings. The number of hydrogen-bond donors (Lipinski definition) is 2. The number of hydrogen-bond acceptors (Lipinski definition) is 4. The van der Waals surface area contributed by atoms with E-state index < -0.39 is 5.91 Å². The van der Waals surface area contributed by atoms with Crippen LogP contribution in [0.5, 0.6) is 0 Å². The van der Waals surface area contributed by atoms with E-state index in [4.69, 9.17) is 4.74 Å². The van der Waals surface area contributed by atoms with E-state index in [0.717, 1.165) is 43.4 Å². The van der Waals surface area contributed by atoms with Gasteiger partial charge >= 0.3 is 5.97 Å². The summed E-state index contributed by atoms with van der Waals surface area (Å²) < 4.78 is 4.99. The van der Waals surface area contributed by atoms with Crippen LogP contribution in [0, 0.1) is 5.92 Å². The first kappa shape index (κ1) is 18.0. The summed E-state index contributed by atoms with van der Waals surface area (Å²) in [5, 5.41) is 5.22. The molecular weight excluding hydrogens is 308 g/mol. The van der Waals surface area contributed by atoms with Crippen LogP contribution in [0.25, 0.3) is 0 Å². The van der Waals surface area contributed by atoms with E-state index >= 15 is 0 Å². The molecule has 1 aromatic carbocycles. The van der Waals surface area contributed by atoms with Crippen LogP contribution in [0.2, 0.25) is 0 Å². The molecular formula is C18H24N2O4. The van der Waals surface area contributed by atoms with Crippen LogP contribution < -0.4 is 10.6 Å². The third-order valence-corrected chi connectivity index (χ3v) is 4.15. The lowest BCUT2D eigenvalue weighted by molar-refractivity contribution is -0.152. The minimum Gasteiger partial charge on any atom is -0.455 e. The predicted molar refractivity (Wildman–Crippen MR) is 90.4 cm³/mol. The van der Waals surface area contributed by atoms with Gasteiger partial charge in [0.05, 0.1) is 12.5 Å². The van der Waals surface area contributed by atoms with Gasteiger partial charge in [-0.25, -0.2) is 0 Å². The van der Waals surface area contributed by atoms with Crippen molar-refractivity contribution in [2.75, 3.05) is 18.5 Å². The number of nitrogens with one attached hydrogen (secondary N) is 2. The highest BCUT2D eigenvalue weighted by atomic mass is 16.5. The molecule has 0 aromatic heterocycles. The maximum Gasteiger partial charge on any atom is 0.309 e. The quantitative estimate of drug-likeness (QED) is 0.748. The number of esters is 1. The summed E-state index contributed by atoms with van der Waals surface area (Å²) in [6.45, 7) is 1.51. The van der Waals surface area contributed by atoms with Crippen LogP contribution in [-0.2, 0) is 25.5 Å². The fraction of sp³-hybridized carbons (Fsp3) is 0.500. The maximum absolute atomic E-state index is 11.9. The highest BCUT2D eigenvalue weighted by Gasteiger charge is 2.24. The van der Waals surface area contributed by atoms with Crippen molar-refractivity contribution in [3.8, 4) is 0 Å². The van der Waals surface area contributed by atoms with E-state index in [1.54, 1.807) is 0 Å². The molecule has 0 bridgehead atoms. The molecule has 1 fully saturated rings. The lowest BCUT2D eigenvalue weighted by Crippen LogP contribution is -2.36. The third kappa shape index (κ3) is 5.37. The van der Waals surface area contributed by atoms with E-state index in [9.17, 15) is 14.4 Å². The molecule has 24 heavy (non-hydrogen) atoms. The summed E-state index contributed by atoms with van der Waals surface area (Å²) in [5.41, 5.74) is 1.77. The molecule has 6 heteroatoms. The lowest BCUT2D eigenvalue weighted by Gasteiger charge is -2.11. The number of carbonyl (C=O) groups is 3. The Bertz CT molecular complexity index is 594. The van der Waals surface area contributed by atoms with Gasteiger partial charge in [-0.1, -0.05) is 38.0 Å². The normalized spacial score (nSPS) is 14.2. The smallest absolute Gasteiger partial charge is 0.309 e. The van der Waals surface area contributed by atoms with Gasteiger partial charge in [-0.05, 0) is 30.9 Å². The molecule has 0 atom stereocenters. The molecule has 2 rings (SSSR count). The largest absolute Gasteiger partial charge is 0.455 e. The second kappa shape index (κ2) is 9.05. The van der Waals surface area contributed by atoms with Crippen LogP contribution >= 0.6 is 0 Å². The minimum absolute atomic E-state index is 0.0772. The Labute approximate surface area is 142 Å². The first-order valence-electron chi connectivity index (χ1n) is 8.41. The van der Waals surface area contributed by atoms with Crippen LogP contribution in [-0.4, -0.2) is 30.9 Å². The molecule has 0 spiro atoms. The highest BCUT2D eigenvalue weighted by molar-refractivity contribution is 5.95. The Kier molecular flexibility index (Phi) is 6.78. The molecule has 0 heterocycles. The van der Waals surface area contributed by atoms with E-state index in [1.165, 1.54) is 0 Å². The fourth-order valence-electron chi connectivity index (χ4n) is 2.79. The second-order valence-electron chi connectivity index (χ2n) is 5.92. The van der Waals surface area contributed by atoms with E-state index in [0.29, 0.717) is 0 Å². The lowest BCUT2D eigenvalue weighted by atomic mass is 10.1. The summed E-state index contributed by atoms with van der Waals surface area (Å²) >= 11 is 0. The average Bonchev–Trinajstić information content (AvgIpc) is 3.13. The molecule has 1 aliphatic rings. The highest BCUT2D eigenvalue weighted by Crippen LogP contribution is 2.25. The number of para-hydroxylation sites is 1. The Morgan fingerprint density at radius 1 is 1.12 bits per heavy atom. The Balaban J connectivity index is 1.69. The summed E-state index contributed by atoms with van der Waals surface area (Å²) in [6.07, 6.45) is 4.54. The SMILES string of the molecule is CCc1ccccc1NC(=O)CNC(=O)COC(=O)C1CCCC1. The Hall–Kier alpha value is -2.37. The van der Waals surface area contributed by atoms with Crippen molar-refractivity contribution < 1.29 is 19.1 Å². The number of anilines is 1. The maximum atomic E-state index is 11.9. The summed E-state index contributed by atoms with van der Waals surface area (Å²) in [7, 11) is 0. The van der Waals surface area contributed by atoms with E-state index in [1.807, 2.05) is 31.2 Å². The zero-order valence-corrected chi connectivity index (χ0v) is 14.0. The van der Waals surface area contributed by atoms with Gasteiger partial charge in [-0.3, -0.25) is 14.4 Å². The molecule has 0 saturated heterocycles. The summed E-state index contributed by atoms with van der Waals surface area (Å²) in [5.74, 6) is -1.18. The number of carbonyl (C=O) groups excluding carboxylic acids is 3. The number of amides is 2. The zero-order chi connectivity index (χ0) is 17.4. The zero-order valence-electron chi connectivity index (χ0n) is 14.0. The molecule has 6 nitrogen and oxygen atoms in total. The molecule has 0 unspecified atom stereocenters. The average molecular weight is 332 g/mol. The second-order valence-corrected chi connectivity index (χ2v) is 5.92. The van der Waals surface area contributed by atoms with Crippen molar-refractivity contribution in [1.82, 2.24) is 5.32 Å². The number of ether oxygens (including phenoxy) is 1. The van der Waals surface area contributed by atoms with Crippen molar-refractivity contribution in [1.29, 1.82) is 0 Å². The van der Waals surface area contributed by atoms with Gasteiger partial charge in [0.1, 0.15) is 0 Å². The molecule has 2 amide bonds. The molecule has 0 radical (unpaired) electrons. The molecule has 0 aliphatic heterocycles. The van der Waals surface area contributed by atoms with Crippen LogP contribution in [0.3, 0.4) is 0 Å². The topological polar surface area (TPSA) is 84.5 Å². The van der Waals surface area contributed by atoms with Crippen molar-refractivity contribution in [2.24, 2.45) is 5.92 Å². The van der Waals surface area contributed by atoms with Gasteiger partial charge in [0.2, 0.25) is 5.91 Å². The minimum atomic E-state index is -0.472. The molecule has 1 saturated carbocycles. The van der Waals surface area contributed by atoms with Crippen molar-refractivity contribution in [2.45, 2.75) is 39.0 Å². The third-order valence-electron chi connectivity index (χ3n) is 4.15. The van der Waals surface area contributed by atoms with Gasteiger partial charge in [0.25, 0.3) is 5.91 Å². The number of aryl methyl sites for hydroxylation is 1. The monoisotopic (exact) mass is 332 g/mol. The van der Waals surface area contributed by atoms with Crippen LogP contribution in [0.1, 0.15) is 38.2 Å². The number of benzene rings is 1. The van der Waals surface area contributed by atoms with Gasteiger partial charge in [-0.15, -0.1) is 0 Å². The van der Waals surface area contributed by atoms with Gasteiger partial charge < -0.3 is 15.4 Å². The van der Waals surface area contributed by atoms with Gasteiger partial charge in [0, 0.05) is 5.69 Å². The van der Waals surface area contributed by atoms with E-state index in [-0.39, 0.29) is 30.9 Å². The summed E-state index contributed by atoms with van der Waals surface area (Å²) in [6, 6.07) is 7.52. The molecule has 2 N–H and O–H groups in total. The van der Waals surface area contributed by atoms with Crippen LogP contribution in [0.4, 0.5) is 5.69 Å². The van der Waals surface area contributed by atoms with Crippen molar-refractivity contribution >= 4 is 23.5 Å². The first-order valence-corrected chi connectivity index (χ1v) is 8.41. The summed E-state index contributed by atoms with van der Waals surface area (Å²) in [4.78, 5) is 35.3. The Morgan fingerprint density at radius 3 is 2.54 bits per heavy atom. The predicted octanol–water partition coefficient (Wildman–Crippen LogP) is 2.04. The van der Waals surface area contributed by atoms with Crippen molar-refractivity contribution in [3.63, 3.8) is 0 Å². The van der Waals surface area contributed by atoms with Gasteiger partial charge in [0.15, 0.2) is 6.61 Å². The standard InChI is InChI=1S/C18H24N2O4/c1-2-13-7-5-6-10-15(13)20-16(21)11-19-17(22)12-24-18(23)14-8-3-4-9-14/h5-7,10,14H,2-4,8-9,11-12H2,1H3,(H,19,22)(H,20,21).